The molecule has 0 spiro atoms. The number of hydrogen-bond donors (Lipinski definition) is 3. The Kier molecular flexibility index (Phi) is 7.85. The summed E-state index contributed by atoms with van der Waals surface area (Å²) in [6.45, 7) is 10.2. The van der Waals surface area contributed by atoms with Gasteiger partial charge in [0.15, 0.2) is 16.3 Å². The Labute approximate surface area is 192 Å². The highest BCUT2D eigenvalue weighted by Crippen LogP contribution is 2.35. The third kappa shape index (κ3) is 5.53. The van der Waals surface area contributed by atoms with Gasteiger partial charge in [0.2, 0.25) is 0 Å². The van der Waals surface area contributed by atoms with Crippen molar-refractivity contribution in [1.82, 2.24) is 0 Å². The van der Waals surface area contributed by atoms with Gasteiger partial charge in [-0.1, -0.05) is 27.7 Å². The summed E-state index contributed by atoms with van der Waals surface area (Å²) >= 11 is 0.719. The van der Waals surface area contributed by atoms with Crippen LogP contribution in [0.3, 0.4) is 0 Å². The van der Waals surface area contributed by atoms with Gasteiger partial charge in [-0.05, 0) is 54.5 Å². The molecule has 1 heterocycles. The largest absolute Gasteiger partial charge is 0.385 e. The first-order chi connectivity index (χ1) is 14.6. The van der Waals surface area contributed by atoms with Crippen molar-refractivity contribution >= 4 is 21.3 Å². The molecule has 1 aromatic carbocycles. The summed E-state index contributed by atoms with van der Waals surface area (Å²) in [5, 5.41) is 35.8. The highest BCUT2D eigenvalue weighted by atomic mass is 32.2. The molecular formula is C22H29F2N3O3S2. The van der Waals surface area contributed by atoms with Gasteiger partial charge in [-0.25, -0.2) is 18.1 Å². The fourth-order valence-electron chi connectivity index (χ4n) is 3.47. The summed E-state index contributed by atoms with van der Waals surface area (Å²) in [6.07, 6.45) is -1.81. The van der Waals surface area contributed by atoms with Crippen molar-refractivity contribution in [2.24, 2.45) is 9.50 Å². The predicted molar refractivity (Wildman–Crippen MR) is 122 cm³/mol. The van der Waals surface area contributed by atoms with Gasteiger partial charge >= 0.3 is 0 Å². The summed E-state index contributed by atoms with van der Waals surface area (Å²) < 4.78 is 45.7. The standard InChI is InChI=1S/C22H29F2N3O3S2/c1-11(2)14-7-13(10-25)20(24)19(12(3)4)15(14)8-18(28)27-32(26,30)21-16(23)9-17(31-21)22(5,6)29/h7,9,11-12,18,28-29H,8H2,1-6H3,(H2,26,27,30). The summed E-state index contributed by atoms with van der Waals surface area (Å²) in [4.78, 5) is 0.214. The fourth-order valence-corrected chi connectivity index (χ4v) is 5.98. The van der Waals surface area contributed by atoms with Gasteiger partial charge in [0, 0.05) is 11.3 Å². The highest BCUT2D eigenvalue weighted by Gasteiger charge is 2.27. The molecule has 2 rings (SSSR count). The zero-order valence-electron chi connectivity index (χ0n) is 18.9. The third-order valence-electron chi connectivity index (χ3n) is 4.96. The van der Waals surface area contributed by atoms with E-state index in [4.69, 9.17) is 5.14 Å². The molecule has 0 aliphatic heterocycles. The summed E-state index contributed by atoms with van der Waals surface area (Å²) in [5.74, 6) is -1.93. The molecule has 176 valence electrons. The van der Waals surface area contributed by atoms with Gasteiger partial charge in [0.25, 0.3) is 0 Å². The molecule has 4 N–H and O–H groups in total. The number of rotatable bonds is 7. The van der Waals surface area contributed by atoms with Crippen molar-refractivity contribution in [2.45, 2.75) is 75.8 Å². The Balaban J connectivity index is 2.58. The second-order valence-corrected chi connectivity index (χ2v) is 11.9. The van der Waals surface area contributed by atoms with Gasteiger partial charge in [0.1, 0.15) is 21.8 Å². The zero-order chi connectivity index (χ0) is 24.6. The highest BCUT2D eigenvalue weighted by molar-refractivity contribution is 7.93. The molecule has 2 aromatic rings. The summed E-state index contributed by atoms with van der Waals surface area (Å²) in [5.41, 5.74) is -0.0547. The van der Waals surface area contributed by atoms with Crippen LogP contribution in [0, 0.1) is 23.0 Å². The van der Waals surface area contributed by atoms with E-state index < -0.39 is 33.4 Å². The third-order valence-corrected chi connectivity index (χ3v) is 8.42. The quantitative estimate of drug-likeness (QED) is 0.529. The topological polar surface area (TPSA) is 120 Å². The van der Waals surface area contributed by atoms with Gasteiger partial charge < -0.3 is 10.2 Å². The first kappa shape index (κ1) is 26.4. The number of hydrogen-bond acceptors (Lipinski definition) is 6. The van der Waals surface area contributed by atoms with Crippen LogP contribution < -0.4 is 5.14 Å². The van der Waals surface area contributed by atoms with E-state index in [9.17, 15) is 28.5 Å². The minimum atomic E-state index is -3.83. The van der Waals surface area contributed by atoms with E-state index >= 15 is 0 Å². The van der Waals surface area contributed by atoms with Crippen LogP contribution in [0.15, 0.2) is 20.7 Å². The Bertz CT molecular complexity index is 1170. The smallest absolute Gasteiger partial charge is 0.159 e. The van der Waals surface area contributed by atoms with Crippen molar-refractivity contribution in [3.05, 3.63) is 50.9 Å². The number of nitrogens with zero attached hydrogens (tertiary/aromatic N) is 2. The lowest BCUT2D eigenvalue weighted by Gasteiger charge is -2.22. The molecule has 0 saturated carbocycles. The molecule has 2 atom stereocenters. The van der Waals surface area contributed by atoms with Crippen LogP contribution >= 0.6 is 11.3 Å². The summed E-state index contributed by atoms with van der Waals surface area (Å²) in [6, 6.07) is 4.35. The van der Waals surface area contributed by atoms with E-state index in [1.54, 1.807) is 13.8 Å². The van der Waals surface area contributed by atoms with Crippen LogP contribution in [-0.2, 0) is 21.9 Å². The van der Waals surface area contributed by atoms with Crippen molar-refractivity contribution in [3.63, 3.8) is 0 Å². The lowest BCUT2D eigenvalue weighted by molar-refractivity contribution is 0.0823. The average molecular weight is 486 g/mol. The molecule has 0 fully saturated rings. The van der Waals surface area contributed by atoms with Crippen LogP contribution in [-0.4, -0.2) is 20.6 Å². The molecule has 0 aliphatic rings. The van der Waals surface area contributed by atoms with Gasteiger partial charge in [-0.15, -0.1) is 11.3 Å². The number of benzene rings is 1. The van der Waals surface area contributed by atoms with Gasteiger partial charge in [0.05, 0.1) is 11.2 Å². The van der Waals surface area contributed by atoms with Crippen LogP contribution in [0.5, 0.6) is 0 Å². The first-order valence-corrected chi connectivity index (χ1v) is 12.5. The van der Waals surface area contributed by atoms with Crippen molar-refractivity contribution < 1.29 is 23.2 Å². The van der Waals surface area contributed by atoms with Crippen molar-refractivity contribution in [2.75, 3.05) is 0 Å². The summed E-state index contributed by atoms with van der Waals surface area (Å²) in [7, 11) is -3.83. The van der Waals surface area contributed by atoms with E-state index in [-0.39, 0.29) is 38.5 Å². The normalized spacial score (nSPS) is 15.0. The SMILES string of the molecule is CC(C)c1cc(C#N)c(F)c(C(C)C)c1CC(O)N=S(N)(=O)c1sc(C(C)(C)O)cc1F. The monoisotopic (exact) mass is 485 g/mol. The van der Waals surface area contributed by atoms with E-state index in [1.807, 2.05) is 19.9 Å². The number of nitriles is 1. The van der Waals surface area contributed by atoms with E-state index in [0.29, 0.717) is 11.1 Å². The molecular weight excluding hydrogens is 456 g/mol. The molecule has 10 heteroatoms. The van der Waals surface area contributed by atoms with E-state index in [1.165, 1.54) is 19.9 Å². The first-order valence-electron chi connectivity index (χ1n) is 10.1. The van der Waals surface area contributed by atoms with Crippen LogP contribution in [0.1, 0.15) is 80.5 Å². The molecule has 1 aromatic heterocycles. The fraction of sp³-hybridized carbons (Fsp3) is 0.500. The average Bonchev–Trinajstić information content (AvgIpc) is 3.04. The molecule has 2 unspecified atom stereocenters. The molecule has 0 amide bonds. The van der Waals surface area contributed by atoms with Crippen LogP contribution in [0.2, 0.25) is 0 Å². The maximum absolute atomic E-state index is 15.0. The minimum Gasteiger partial charge on any atom is -0.385 e. The lowest BCUT2D eigenvalue weighted by Crippen LogP contribution is -2.20. The minimum absolute atomic E-state index is 0.0880. The zero-order valence-corrected chi connectivity index (χ0v) is 20.6. The van der Waals surface area contributed by atoms with E-state index in [2.05, 4.69) is 4.36 Å². The maximum atomic E-state index is 15.0. The second kappa shape index (κ2) is 9.53. The molecule has 0 aliphatic carbocycles. The number of aliphatic hydroxyl groups excluding tert-OH is 1. The van der Waals surface area contributed by atoms with Crippen LogP contribution in [0.4, 0.5) is 8.78 Å². The predicted octanol–water partition coefficient (Wildman–Crippen LogP) is 4.63. The maximum Gasteiger partial charge on any atom is 0.159 e. The Morgan fingerprint density at radius 2 is 1.84 bits per heavy atom. The number of aliphatic hydroxyl groups is 2. The molecule has 32 heavy (non-hydrogen) atoms. The van der Waals surface area contributed by atoms with Crippen molar-refractivity contribution in [3.8, 4) is 6.07 Å². The lowest BCUT2D eigenvalue weighted by atomic mass is 9.84. The van der Waals surface area contributed by atoms with Gasteiger partial charge in [-0.3, -0.25) is 0 Å². The Morgan fingerprint density at radius 3 is 2.28 bits per heavy atom. The molecule has 0 saturated heterocycles. The van der Waals surface area contributed by atoms with Crippen LogP contribution in [0.25, 0.3) is 0 Å². The number of thiophene rings is 1. The number of halogens is 2. The Morgan fingerprint density at radius 1 is 1.25 bits per heavy atom. The molecule has 0 radical (unpaired) electrons. The van der Waals surface area contributed by atoms with E-state index in [0.717, 1.165) is 17.4 Å². The number of nitrogens with two attached hydrogens (primary N) is 1. The molecule has 0 bridgehead atoms. The molecule has 6 nitrogen and oxygen atoms in total. The Hall–Kier alpha value is -1.90. The van der Waals surface area contributed by atoms with Crippen molar-refractivity contribution in [1.29, 1.82) is 5.26 Å². The van der Waals surface area contributed by atoms with Gasteiger partial charge in [-0.2, -0.15) is 9.62 Å². The second-order valence-electron chi connectivity index (χ2n) is 8.80.